The second-order valence-electron chi connectivity index (χ2n) is 5.77. The number of benzene rings is 1. The van der Waals surface area contributed by atoms with E-state index < -0.39 is 17.4 Å². The number of nitrogens with zero attached hydrogens (tertiary/aromatic N) is 2. The minimum Gasteiger partial charge on any atom is -0.465 e. The number of thiophene rings is 1. The van der Waals surface area contributed by atoms with Gasteiger partial charge in [-0.25, -0.2) is 9.48 Å². The number of H-pyrrole nitrogens is 1. The van der Waals surface area contributed by atoms with Gasteiger partial charge in [0.1, 0.15) is 16.9 Å². The van der Waals surface area contributed by atoms with Crippen molar-refractivity contribution in [1.29, 1.82) is 0 Å². The first kappa shape index (κ1) is 17.0. The van der Waals surface area contributed by atoms with Crippen molar-refractivity contribution in [3.05, 3.63) is 57.1 Å². The monoisotopic (exact) mass is 382 g/mol. The van der Waals surface area contributed by atoms with E-state index in [0.29, 0.717) is 16.6 Å². The molecule has 1 aromatic carbocycles. The van der Waals surface area contributed by atoms with Gasteiger partial charge in [0.15, 0.2) is 0 Å². The van der Waals surface area contributed by atoms with E-state index in [1.807, 2.05) is 24.3 Å². The summed E-state index contributed by atoms with van der Waals surface area (Å²) in [7, 11) is 1.27. The fourth-order valence-electron chi connectivity index (χ4n) is 2.87. The molecule has 27 heavy (non-hydrogen) atoms. The van der Waals surface area contributed by atoms with Crippen LogP contribution in [0.15, 0.2) is 46.7 Å². The summed E-state index contributed by atoms with van der Waals surface area (Å²) >= 11 is 1.16. The van der Waals surface area contributed by atoms with Gasteiger partial charge >= 0.3 is 5.97 Å². The van der Waals surface area contributed by atoms with Crippen LogP contribution in [0.25, 0.3) is 21.8 Å². The normalized spacial score (nSPS) is 11.0. The number of carbonyl (C=O) groups is 2. The molecule has 0 bridgehead atoms. The zero-order chi connectivity index (χ0) is 19.0. The van der Waals surface area contributed by atoms with Gasteiger partial charge in [-0.3, -0.25) is 9.59 Å². The van der Waals surface area contributed by atoms with E-state index >= 15 is 0 Å². The highest BCUT2D eigenvalue weighted by Gasteiger charge is 2.17. The van der Waals surface area contributed by atoms with E-state index in [2.05, 4.69) is 20.1 Å². The van der Waals surface area contributed by atoms with Crippen LogP contribution in [0.5, 0.6) is 0 Å². The number of carbonyl (C=O) groups excluding carboxylic acids is 2. The number of anilines is 1. The Bertz CT molecular complexity index is 1240. The molecule has 0 fully saturated rings. The molecule has 0 aliphatic heterocycles. The first-order chi connectivity index (χ1) is 13.1. The Balaban J connectivity index is 1.62. The molecule has 3 aromatic heterocycles. The van der Waals surface area contributed by atoms with Crippen LogP contribution in [0.2, 0.25) is 0 Å². The molecule has 0 aliphatic rings. The molecule has 8 nitrogen and oxygen atoms in total. The number of methoxy groups -OCH3 is 1. The summed E-state index contributed by atoms with van der Waals surface area (Å²) in [4.78, 5) is 40.1. The predicted molar refractivity (Wildman–Crippen MR) is 102 cm³/mol. The van der Waals surface area contributed by atoms with Crippen LogP contribution in [0.3, 0.4) is 0 Å². The Hall–Kier alpha value is -3.46. The van der Waals surface area contributed by atoms with Crippen LogP contribution in [-0.4, -0.2) is 33.8 Å². The molecule has 0 unspecified atom stereocenters. The fraction of sp³-hybridized carbons (Fsp3) is 0.111. The van der Waals surface area contributed by atoms with Gasteiger partial charge in [0.2, 0.25) is 5.91 Å². The number of hydrogen-bond acceptors (Lipinski definition) is 6. The zero-order valence-electron chi connectivity index (χ0n) is 14.2. The number of esters is 1. The van der Waals surface area contributed by atoms with Crippen LogP contribution in [0.1, 0.15) is 9.67 Å². The first-order valence-electron chi connectivity index (χ1n) is 8.00. The predicted octanol–water partition coefficient (Wildman–Crippen LogP) is 2.36. The van der Waals surface area contributed by atoms with Crippen molar-refractivity contribution in [2.75, 3.05) is 12.4 Å². The quantitative estimate of drug-likeness (QED) is 0.527. The van der Waals surface area contributed by atoms with Gasteiger partial charge in [0.25, 0.3) is 5.56 Å². The Morgan fingerprint density at radius 1 is 1.26 bits per heavy atom. The highest BCUT2D eigenvalue weighted by molar-refractivity contribution is 7.12. The lowest BCUT2D eigenvalue weighted by molar-refractivity contribution is -0.117. The molecular weight excluding hydrogens is 368 g/mol. The number of ether oxygens (including phenoxy) is 1. The summed E-state index contributed by atoms with van der Waals surface area (Å²) < 4.78 is 5.76. The molecule has 0 atom stereocenters. The standard InChI is InChI=1S/C18H14N4O4S/c1-26-18(25)16-13(6-7-27-16)20-14(23)9-22-17(24)15-11(8-19-22)10-4-2-3-5-12(10)21-15/h2-8,21H,9H2,1H3,(H,20,23). The maximum absolute atomic E-state index is 12.7. The first-order valence-corrected chi connectivity index (χ1v) is 8.88. The van der Waals surface area contributed by atoms with E-state index in [1.54, 1.807) is 17.6 Å². The van der Waals surface area contributed by atoms with E-state index in [-0.39, 0.29) is 11.4 Å². The molecule has 0 aliphatic carbocycles. The van der Waals surface area contributed by atoms with Crippen molar-refractivity contribution in [2.24, 2.45) is 0 Å². The molecule has 0 saturated carbocycles. The minimum atomic E-state index is -0.532. The Morgan fingerprint density at radius 3 is 2.89 bits per heavy atom. The Kier molecular flexibility index (Phi) is 4.21. The maximum Gasteiger partial charge on any atom is 0.350 e. The van der Waals surface area contributed by atoms with Gasteiger partial charge < -0.3 is 15.0 Å². The lowest BCUT2D eigenvalue weighted by atomic mass is 10.2. The number of amides is 1. The van der Waals surface area contributed by atoms with Crippen LogP contribution in [-0.2, 0) is 16.1 Å². The van der Waals surface area contributed by atoms with Crippen LogP contribution >= 0.6 is 11.3 Å². The summed E-state index contributed by atoms with van der Waals surface area (Å²) in [6, 6.07) is 9.13. The number of nitrogens with one attached hydrogen (secondary N) is 2. The third-order valence-electron chi connectivity index (χ3n) is 4.12. The molecule has 136 valence electrons. The molecule has 0 saturated heterocycles. The van der Waals surface area contributed by atoms with Crippen molar-refractivity contribution < 1.29 is 14.3 Å². The summed E-state index contributed by atoms with van der Waals surface area (Å²) in [5.74, 6) is -1.00. The Labute approximate surface area is 156 Å². The molecule has 4 rings (SSSR count). The lowest BCUT2D eigenvalue weighted by Crippen LogP contribution is -2.29. The maximum atomic E-state index is 12.7. The second kappa shape index (κ2) is 6.69. The van der Waals surface area contributed by atoms with Crippen molar-refractivity contribution in [3.8, 4) is 0 Å². The molecule has 1 amide bonds. The third kappa shape index (κ3) is 2.97. The van der Waals surface area contributed by atoms with Crippen molar-refractivity contribution in [2.45, 2.75) is 6.54 Å². The fourth-order valence-corrected chi connectivity index (χ4v) is 3.64. The van der Waals surface area contributed by atoms with Crippen molar-refractivity contribution in [3.63, 3.8) is 0 Å². The number of fused-ring (bicyclic) bond motifs is 3. The molecule has 9 heteroatoms. The van der Waals surface area contributed by atoms with E-state index in [1.165, 1.54) is 7.11 Å². The van der Waals surface area contributed by atoms with Gasteiger partial charge in [-0.2, -0.15) is 5.10 Å². The van der Waals surface area contributed by atoms with E-state index in [0.717, 1.165) is 26.9 Å². The third-order valence-corrected chi connectivity index (χ3v) is 5.02. The number of aromatic amines is 1. The van der Waals surface area contributed by atoms with E-state index in [9.17, 15) is 14.4 Å². The summed E-state index contributed by atoms with van der Waals surface area (Å²) in [6.45, 7) is -0.277. The van der Waals surface area contributed by atoms with Crippen LogP contribution in [0.4, 0.5) is 5.69 Å². The average Bonchev–Trinajstić information content (AvgIpc) is 3.28. The number of rotatable bonds is 4. The highest BCUT2D eigenvalue weighted by atomic mass is 32.1. The lowest BCUT2D eigenvalue weighted by Gasteiger charge is -2.07. The number of hydrogen-bond donors (Lipinski definition) is 2. The van der Waals surface area contributed by atoms with Gasteiger partial charge in [0.05, 0.1) is 19.0 Å². The van der Waals surface area contributed by atoms with E-state index in [4.69, 9.17) is 0 Å². The summed E-state index contributed by atoms with van der Waals surface area (Å²) in [6.07, 6.45) is 1.56. The van der Waals surface area contributed by atoms with Gasteiger partial charge in [-0.15, -0.1) is 11.3 Å². The molecule has 0 spiro atoms. The highest BCUT2D eigenvalue weighted by Crippen LogP contribution is 2.23. The topological polar surface area (TPSA) is 106 Å². The molecular formula is C18H14N4O4S. The molecule has 0 radical (unpaired) electrons. The summed E-state index contributed by atoms with van der Waals surface area (Å²) in [5, 5.41) is 10.00. The summed E-state index contributed by atoms with van der Waals surface area (Å²) in [5.41, 5.74) is 1.17. The average molecular weight is 382 g/mol. The zero-order valence-corrected chi connectivity index (χ0v) is 15.0. The van der Waals surface area contributed by atoms with Gasteiger partial charge in [-0.1, -0.05) is 18.2 Å². The number of para-hydroxylation sites is 1. The van der Waals surface area contributed by atoms with Gasteiger partial charge in [-0.05, 0) is 17.5 Å². The minimum absolute atomic E-state index is 0.277. The Morgan fingerprint density at radius 2 is 2.07 bits per heavy atom. The van der Waals surface area contributed by atoms with Crippen LogP contribution < -0.4 is 10.9 Å². The number of aromatic nitrogens is 3. The molecule has 3 heterocycles. The van der Waals surface area contributed by atoms with Gasteiger partial charge in [0, 0.05) is 16.3 Å². The smallest absolute Gasteiger partial charge is 0.350 e. The van der Waals surface area contributed by atoms with Crippen LogP contribution in [0, 0.1) is 0 Å². The van der Waals surface area contributed by atoms with Crippen molar-refractivity contribution >= 4 is 50.7 Å². The second-order valence-corrected chi connectivity index (χ2v) is 6.69. The molecule has 2 N–H and O–H groups in total. The SMILES string of the molecule is COC(=O)c1sccc1NC(=O)Cn1ncc2c([nH]c3ccccc32)c1=O. The largest absolute Gasteiger partial charge is 0.465 e. The van der Waals surface area contributed by atoms with Crippen molar-refractivity contribution in [1.82, 2.24) is 14.8 Å². The molecule has 4 aromatic rings.